The minimum atomic E-state index is -0.921. The van der Waals surface area contributed by atoms with Crippen molar-refractivity contribution in [1.82, 2.24) is 20.4 Å². The van der Waals surface area contributed by atoms with Gasteiger partial charge in [-0.15, -0.1) is 0 Å². The van der Waals surface area contributed by atoms with Gasteiger partial charge in [0.2, 0.25) is 0 Å². The summed E-state index contributed by atoms with van der Waals surface area (Å²) in [7, 11) is 0. The highest BCUT2D eigenvalue weighted by molar-refractivity contribution is 5.75. The number of carbonyl (C=O) groups is 1. The number of amides is 2. The summed E-state index contributed by atoms with van der Waals surface area (Å²) in [5.41, 5.74) is 1.09. The first kappa shape index (κ1) is 16.4. The van der Waals surface area contributed by atoms with E-state index in [1.54, 1.807) is 24.2 Å². The second kappa shape index (κ2) is 6.98. The molecule has 0 spiro atoms. The van der Waals surface area contributed by atoms with Crippen molar-refractivity contribution < 1.29 is 13.6 Å². The number of piperidine rings is 1. The van der Waals surface area contributed by atoms with E-state index in [-0.39, 0.29) is 17.6 Å². The molecular weight excluding hydrogens is 314 g/mol. The number of nitrogens with one attached hydrogen (secondary N) is 2. The Morgan fingerprint density at radius 1 is 1.42 bits per heavy atom. The molecule has 1 aliphatic rings. The quantitative estimate of drug-likeness (QED) is 0.899. The highest BCUT2D eigenvalue weighted by Gasteiger charge is 2.29. The van der Waals surface area contributed by atoms with Gasteiger partial charge in [0.15, 0.2) is 11.6 Å². The van der Waals surface area contributed by atoms with E-state index in [1.165, 1.54) is 12.1 Å². The maximum atomic E-state index is 13.9. The third kappa shape index (κ3) is 3.25. The van der Waals surface area contributed by atoms with Crippen LogP contribution in [0, 0.1) is 11.6 Å². The first-order valence-electron chi connectivity index (χ1n) is 8.07. The standard InChI is InChI=1S/C17H20F2N4O/c1-11(13-5-4-6-14(18)16(13)19)22-17(24)23-8-3-2-7-15(23)12-9-20-21-10-12/h4-6,9-11,15H,2-3,7-8H2,1H3,(H,20,21)(H,22,24)/t11-,15+/m0/s1. The minimum Gasteiger partial charge on any atom is -0.331 e. The largest absolute Gasteiger partial charge is 0.331 e. The van der Waals surface area contributed by atoms with Crippen molar-refractivity contribution in [3.05, 3.63) is 53.4 Å². The topological polar surface area (TPSA) is 61.0 Å². The number of rotatable bonds is 3. The molecule has 2 atom stereocenters. The monoisotopic (exact) mass is 334 g/mol. The second-order valence-corrected chi connectivity index (χ2v) is 6.05. The molecule has 128 valence electrons. The number of carbonyl (C=O) groups excluding carboxylic acids is 1. The van der Waals surface area contributed by atoms with Crippen LogP contribution in [0.1, 0.15) is 49.4 Å². The molecule has 2 aromatic rings. The number of likely N-dealkylation sites (tertiary alicyclic amines) is 1. The van der Waals surface area contributed by atoms with E-state index in [2.05, 4.69) is 15.5 Å². The van der Waals surface area contributed by atoms with Crippen molar-refractivity contribution in [3.63, 3.8) is 0 Å². The Hall–Kier alpha value is -2.44. The molecule has 0 aliphatic carbocycles. The molecule has 3 rings (SSSR count). The molecule has 2 N–H and O–H groups in total. The Morgan fingerprint density at radius 2 is 2.25 bits per heavy atom. The second-order valence-electron chi connectivity index (χ2n) is 6.05. The molecular formula is C17H20F2N4O. The Balaban J connectivity index is 1.74. The average Bonchev–Trinajstić information content (AvgIpc) is 3.11. The number of benzene rings is 1. The lowest BCUT2D eigenvalue weighted by Crippen LogP contribution is -2.45. The predicted octanol–water partition coefficient (Wildman–Crippen LogP) is 3.69. The van der Waals surface area contributed by atoms with Crippen LogP contribution in [0.5, 0.6) is 0 Å². The fraction of sp³-hybridized carbons (Fsp3) is 0.412. The van der Waals surface area contributed by atoms with Gasteiger partial charge in [0.05, 0.1) is 18.3 Å². The predicted molar refractivity (Wildman–Crippen MR) is 85.2 cm³/mol. The lowest BCUT2D eigenvalue weighted by atomic mass is 9.98. The number of aromatic amines is 1. The van der Waals surface area contributed by atoms with Crippen LogP contribution in [-0.2, 0) is 0 Å². The molecule has 1 saturated heterocycles. The van der Waals surface area contributed by atoms with Crippen LogP contribution in [0.3, 0.4) is 0 Å². The number of halogens is 2. The third-order valence-electron chi connectivity index (χ3n) is 4.46. The smallest absolute Gasteiger partial charge is 0.318 e. The van der Waals surface area contributed by atoms with Gasteiger partial charge >= 0.3 is 6.03 Å². The van der Waals surface area contributed by atoms with Gasteiger partial charge in [-0.3, -0.25) is 5.10 Å². The van der Waals surface area contributed by atoms with Gasteiger partial charge in [-0.1, -0.05) is 12.1 Å². The summed E-state index contributed by atoms with van der Waals surface area (Å²) in [5, 5.41) is 9.49. The van der Waals surface area contributed by atoms with E-state index in [1.807, 2.05) is 0 Å². The highest BCUT2D eigenvalue weighted by Crippen LogP contribution is 2.30. The summed E-state index contributed by atoms with van der Waals surface area (Å²) in [6.07, 6.45) is 6.31. The van der Waals surface area contributed by atoms with Crippen LogP contribution in [-0.4, -0.2) is 27.7 Å². The number of aromatic nitrogens is 2. The first-order valence-corrected chi connectivity index (χ1v) is 8.07. The lowest BCUT2D eigenvalue weighted by molar-refractivity contribution is 0.149. The molecule has 5 nitrogen and oxygen atoms in total. The van der Waals surface area contributed by atoms with Gasteiger partial charge in [0.1, 0.15) is 0 Å². The zero-order valence-electron chi connectivity index (χ0n) is 13.4. The molecule has 0 saturated carbocycles. The first-order chi connectivity index (χ1) is 11.6. The molecule has 1 fully saturated rings. The van der Waals surface area contributed by atoms with E-state index in [0.29, 0.717) is 6.54 Å². The van der Waals surface area contributed by atoms with Crippen LogP contribution < -0.4 is 5.32 Å². The zero-order valence-corrected chi connectivity index (χ0v) is 13.4. The Labute approximate surface area is 139 Å². The third-order valence-corrected chi connectivity index (χ3v) is 4.46. The fourth-order valence-corrected chi connectivity index (χ4v) is 3.17. The molecule has 1 aromatic carbocycles. The fourth-order valence-electron chi connectivity index (χ4n) is 3.17. The average molecular weight is 334 g/mol. The summed E-state index contributed by atoms with van der Waals surface area (Å²) in [6, 6.07) is 3.02. The van der Waals surface area contributed by atoms with Crippen LogP contribution in [0.15, 0.2) is 30.6 Å². The molecule has 0 bridgehead atoms. The normalized spacial score (nSPS) is 19.1. The maximum Gasteiger partial charge on any atom is 0.318 e. The van der Waals surface area contributed by atoms with Gasteiger partial charge in [-0.25, -0.2) is 13.6 Å². The molecule has 1 aliphatic heterocycles. The zero-order chi connectivity index (χ0) is 17.1. The Bertz CT molecular complexity index is 705. The van der Waals surface area contributed by atoms with Gasteiger partial charge in [-0.2, -0.15) is 5.10 Å². The molecule has 0 unspecified atom stereocenters. The number of hydrogen-bond donors (Lipinski definition) is 2. The minimum absolute atomic E-state index is 0.0537. The van der Waals surface area contributed by atoms with Crippen molar-refractivity contribution in [2.24, 2.45) is 0 Å². The summed E-state index contributed by atoms with van der Waals surface area (Å²) in [4.78, 5) is 14.4. The number of hydrogen-bond acceptors (Lipinski definition) is 2. The Morgan fingerprint density at radius 3 is 3.00 bits per heavy atom. The summed E-state index contributed by atoms with van der Waals surface area (Å²) in [5.74, 6) is -1.84. The maximum absolute atomic E-state index is 13.9. The van der Waals surface area contributed by atoms with Crippen LogP contribution in [0.4, 0.5) is 13.6 Å². The van der Waals surface area contributed by atoms with Crippen LogP contribution >= 0.6 is 0 Å². The highest BCUT2D eigenvalue weighted by atomic mass is 19.2. The molecule has 2 amide bonds. The van der Waals surface area contributed by atoms with Crippen LogP contribution in [0.2, 0.25) is 0 Å². The van der Waals surface area contributed by atoms with Crippen LogP contribution in [0.25, 0.3) is 0 Å². The molecule has 0 radical (unpaired) electrons. The van der Waals surface area contributed by atoms with Crippen molar-refractivity contribution in [1.29, 1.82) is 0 Å². The summed E-state index contributed by atoms with van der Waals surface area (Å²) >= 11 is 0. The van der Waals surface area contributed by atoms with Crippen molar-refractivity contribution in [2.75, 3.05) is 6.54 Å². The number of H-pyrrole nitrogens is 1. The Kier molecular flexibility index (Phi) is 4.78. The van der Waals surface area contributed by atoms with Crippen molar-refractivity contribution in [3.8, 4) is 0 Å². The summed E-state index contributed by atoms with van der Waals surface area (Å²) < 4.78 is 27.3. The molecule has 24 heavy (non-hydrogen) atoms. The van der Waals surface area contributed by atoms with E-state index < -0.39 is 17.7 Å². The molecule has 7 heteroatoms. The molecule has 1 aromatic heterocycles. The molecule has 2 heterocycles. The number of nitrogens with zero attached hydrogens (tertiary/aromatic N) is 2. The van der Waals surface area contributed by atoms with E-state index in [9.17, 15) is 13.6 Å². The van der Waals surface area contributed by atoms with Gasteiger partial charge < -0.3 is 10.2 Å². The van der Waals surface area contributed by atoms with Gasteiger partial charge in [0.25, 0.3) is 0 Å². The van der Waals surface area contributed by atoms with E-state index >= 15 is 0 Å². The van der Waals surface area contributed by atoms with Crippen molar-refractivity contribution in [2.45, 2.75) is 38.3 Å². The van der Waals surface area contributed by atoms with E-state index in [4.69, 9.17) is 0 Å². The van der Waals surface area contributed by atoms with Crippen molar-refractivity contribution >= 4 is 6.03 Å². The SMILES string of the molecule is C[C@H](NC(=O)N1CCCC[C@@H]1c1cn[nH]c1)c1cccc(F)c1F. The summed E-state index contributed by atoms with van der Waals surface area (Å²) in [6.45, 7) is 2.27. The van der Waals surface area contributed by atoms with Gasteiger partial charge in [0, 0.05) is 23.9 Å². The van der Waals surface area contributed by atoms with Gasteiger partial charge in [-0.05, 0) is 32.3 Å². The number of urea groups is 1. The van der Waals surface area contributed by atoms with E-state index in [0.717, 1.165) is 30.9 Å². The lowest BCUT2D eigenvalue weighted by Gasteiger charge is -2.36.